The number of benzene rings is 2. The summed E-state index contributed by atoms with van der Waals surface area (Å²) in [5.41, 5.74) is 17.9. The normalized spacial score (nSPS) is 22.3. The number of carbonyl (C=O) groups is 10. The number of phenols is 1. The van der Waals surface area contributed by atoms with E-state index in [1.807, 2.05) is 0 Å². The summed E-state index contributed by atoms with van der Waals surface area (Å²) in [5.74, 6) is -10.7. The zero-order chi connectivity index (χ0) is 52.1. The van der Waals surface area contributed by atoms with Crippen molar-refractivity contribution in [3.63, 3.8) is 0 Å². The van der Waals surface area contributed by atoms with Crippen LogP contribution in [0.1, 0.15) is 64.5 Å². The number of hydrogen-bond acceptors (Lipinski definition) is 15. The largest absolute Gasteiger partial charge is 0.508 e. The molecule has 3 rings (SSSR count). The van der Waals surface area contributed by atoms with Gasteiger partial charge in [-0.25, -0.2) is 4.79 Å². The number of primary amides is 1. The van der Waals surface area contributed by atoms with E-state index in [1.165, 1.54) is 38.1 Å². The van der Waals surface area contributed by atoms with Crippen LogP contribution in [0.15, 0.2) is 54.6 Å². The molecule has 9 amide bonds. The van der Waals surface area contributed by atoms with E-state index < -0.39 is 126 Å². The minimum Gasteiger partial charge on any atom is -0.508 e. The maximum absolute atomic E-state index is 14.3. The molecule has 0 saturated carbocycles. The Morgan fingerprint density at radius 3 is 1.84 bits per heavy atom. The zero-order valence-corrected chi connectivity index (χ0v) is 41.0. The van der Waals surface area contributed by atoms with Crippen LogP contribution in [0.5, 0.6) is 5.75 Å². The number of carboxylic acids is 1. The standard InChI is InChI=1S/C45H65N11O12S2/c1-23(2)36(45(67)68)56-44(66)34-22-70-69-21-33(54-42(64)32(20-35(48)58)51-37(59)24(3)47)43(65)53-30(18-26-10-6-5-7-11-26)40(62)49-25(4)38(60)50-29(12-8-9-17-46)39(61)52-31(41(63)55-34)19-27-13-15-28(57)16-14-27/h5-7,10-11,13-16,23-25,29-34,36,57H,8-9,12,17-22,46-47H2,1-4H3,(H2,48,58)(H,49,62)(H,50,60)(H,51,59)(H,52,61)(H,53,65)(H,54,64)(H,55,63)(H,56,66)(H,67,68)/t24-,25-,29-,30-,31-,32-,33-,34-,36-/m0/s1. The number of unbranched alkanes of at least 4 members (excludes halogenated alkanes) is 1. The van der Waals surface area contributed by atoms with Crippen molar-refractivity contribution >= 4 is 80.7 Å². The third-order valence-electron chi connectivity index (χ3n) is 10.8. The summed E-state index contributed by atoms with van der Waals surface area (Å²) in [6.07, 6.45) is -0.129. The molecule has 1 saturated heterocycles. The first-order chi connectivity index (χ1) is 33.1. The summed E-state index contributed by atoms with van der Waals surface area (Å²) in [5, 5.41) is 40.3. The van der Waals surface area contributed by atoms with Crippen LogP contribution in [0.4, 0.5) is 0 Å². The lowest BCUT2D eigenvalue weighted by Crippen LogP contribution is -2.61. The average Bonchev–Trinajstić information content (AvgIpc) is 3.30. The predicted molar refractivity (Wildman–Crippen MR) is 261 cm³/mol. The molecule has 70 heavy (non-hydrogen) atoms. The SMILES string of the molecule is CC(C)[C@H](NC(=O)[C@@H]1CSSC[C@H](NC(=O)[C@H](CC(N)=O)NC(=O)[C@H](C)N)C(=O)N[C@@H](Cc2ccccc2)C(=O)N[C@@H](C)C(=O)N[C@@H](CCCCN)C(=O)N[C@@H](Cc2ccc(O)cc2)C(=O)N1)C(=O)O. The van der Waals surface area contributed by atoms with Gasteiger partial charge in [0.25, 0.3) is 0 Å². The molecular formula is C45H65N11O12S2. The van der Waals surface area contributed by atoms with Gasteiger partial charge in [-0.1, -0.05) is 77.9 Å². The molecule has 0 radical (unpaired) electrons. The van der Waals surface area contributed by atoms with E-state index in [9.17, 15) is 58.2 Å². The van der Waals surface area contributed by atoms with Crippen molar-refractivity contribution in [3.05, 3.63) is 65.7 Å². The van der Waals surface area contributed by atoms with Crippen LogP contribution in [0.2, 0.25) is 0 Å². The van der Waals surface area contributed by atoms with E-state index in [0.29, 0.717) is 24.0 Å². The number of hydrogen-bond donors (Lipinski definition) is 13. The molecular weight excluding hydrogens is 951 g/mol. The molecule has 0 unspecified atom stereocenters. The van der Waals surface area contributed by atoms with E-state index in [-0.39, 0.29) is 43.1 Å². The number of carboxylic acid groups (broad SMARTS) is 1. The van der Waals surface area contributed by atoms with E-state index >= 15 is 0 Å². The Labute approximate surface area is 413 Å². The van der Waals surface area contributed by atoms with Crippen LogP contribution in [-0.4, -0.2) is 142 Å². The molecule has 2 aromatic carbocycles. The zero-order valence-electron chi connectivity index (χ0n) is 39.4. The highest BCUT2D eigenvalue weighted by molar-refractivity contribution is 8.76. The van der Waals surface area contributed by atoms with Gasteiger partial charge in [-0.2, -0.15) is 0 Å². The maximum atomic E-state index is 14.3. The number of nitrogens with one attached hydrogen (secondary N) is 8. The third-order valence-corrected chi connectivity index (χ3v) is 13.2. The van der Waals surface area contributed by atoms with Gasteiger partial charge in [-0.3, -0.25) is 43.2 Å². The number of amides is 9. The number of nitrogens with two attached hydrogens (primary N) is 3. The second-order valence-electron chi connectivity index (χ2n) is 17.0. The van der Waals surface area contributed by atoms with Crippen molar-refractivity contribution in [2.45, 2.75) is 121 Å². The Morgan fingerprint density at radius 1 is 0.714 bits per heavy atom. The highest BCUT2D eigenvalue weighted by Crippen LogP contribution is 2.24. The fraction of sp³-hybridized carbons (Fsp3) is 0.511. The first-order valence-electron chi connectivity index (χ1n) is 22.6. The Balaban J connectivity index is 2.17. The van der Waals surface area contributed by atoms with E-state index in [2.05, 4.69) is 42.5 Å². The fourth-order valence-corrected chi connectivity index (χ4v) is 9.07. The lowest BCUT2D eigenvalue weighted by atomic mass is 10.0. The topological polar surface area (TPSA) is 385 Å². The van der Waals surface area contributed by atoms with Gasteiger partial charge in [-0.05, 0) is 68.8 Å². The van der Waals surface area contributed by atoms with Crippen LogP contribution in [0.3, 0.4) is 0 Å². The minimum atomic E-state index is -1.59. The van der Waals surface area contributed by atoms with Gasteiger partial charge in [0.1, 0.15) is 54.1 Å². The molecule has 0 spiro atoms. The van der Waals surface area contributed by atoms with Crippen LogP contribution in [-0.2, 0) is 60.8 Å². The summed E-state index contributed by atoms with van der Waals surface area (Å²) in [6, 6.07) is 1.72. The molecule has 1 heterocycles. The van der Waals surface area contributed by atoms with E-state index in [4.69, 9.17) is 17.2 Å². The smallest absolute Gasteiger partial charge is 0.326 e. The summed E-state index contributed by atoms with van der Waals surface area (Å²) in [4.78, 5) is 135. The van der Waals surface area contributed by atoms with Crippen molar-refractivity contribution in [2.75, 3.05) is 18.1 Å². The van der Waals surface area contributed by atoms with Crippen LogP contribution in [0.25, 0.3) is 0 Å². The molecule has 16 N–H and O–H groups in total. The highest BCUT2D eigenvalue weighted by atomic mass is 33.1. The first-order valence-corrected chi connectivity index (χ1v) is 25.0. The molecule has 1 aliphatic rings. The maximum Gasteiger partial charge on any atom is 0.326 e. The molecule has 9 atom stereocenters. The van der Waals surface area contributed by atoms with Crippen LogP contribution < -0.4 is 59.7 Å². The van der Waals surface area contributed by atoms with Crippen molar-refractivity contribution in [2.24, 2.45) is 23.1 Å². The molecule has 1 aliphatic heterocycles. The monoisotopic (exact) mass is 1020 g/mol. The molecule has 25 heteroatoms. The van der Waals surface area contributed by atoms with Crippen molar-refractivity contribution in [1.82, 2.24) is 42.5 Å². The minimum absolute atomic E-state index is 0.0443. The summed E-state index contributed by atoms with van der Waals surface area (Å²) in [7, 11) is 1.84. The summed E-state index contributed by atoms with van der Waals surface area (Å²) >= 11 is 0. The van der Waals surface area contributed by atoms with Gasteiger partial charge in [-0.15, -0.1) is 0 Å². The molecule has 0 aliphatic carbocycles. The lowest BCUT2D eigenvalue weighted by Gasteiger charge is -2.28. The molecule has 384 valence electrons. The fourth-order valence-electron chi connectivity index (χ4n) is 6.74. The number of phenolic OH excluding ortho intramolecular Hbond substituents is 1. The second-order valence-corrected chi connectivity index (χ2v) is 19.6. The van der Waals surface area contributed by atoms with Gasteiger partial charge in [0.15, 0.2) is 0 Å². The average molecular weight is 1020 g/mol. The molecule has 23 nitrogen and oxygen atoms in total. The third kappa shape index (κ3) is 19.5. The summed E-state index contributed by atoms with van der Waals surface area (Å²) in [6.45, 7) is 6.07. The van der Waals surface area contributed by atoms with Gasteiger partial charge in [0, 0.05) is 24.3 Å². The van der Waals surface area contributed by atoms with Crippen molar-refractivity contribution in [3.8, 4) is 5.75 Å². The van der Waals surface area contributed by atoms with E-state index in [0.717, 1.165) is 21.6 Å². The van der Waals surface area contributed by atoms with Gasteiger partial charge in [0.05, 0.1) is 12.5 Å². The van der Waals surface area contributed by atoms with Gasteiger partial charge >= 0.3 is 5.97 Å². The molecule has 1 fully saturated rings. The summed E-state index contributed by atoms with van der Waals surface area (Å²) < 4.78 is 0. The molecule has 0 bridgehead atoms. The van der Waals surface area contributed by atoms with Crippen LogP contribution in [0, 0.1) is 5.92 Å². The van der Waals surface area contributed by atoms with Crippen molar-refractivity contribution < 1.29 is 58.2 Å². The van der Waals surface area contributed by atoms with Gasteiger partial charge < -0.3 is 69.9 Å². The number of aromatic hydroxyl groups is 1. The quantitative estimate of drug-likeness (QED) is 0.0545. The Morgan fingerprint density at radius 2 is 1.27 bits per heavy atom. The first kappa shape index (κ1) is 57.9. The van der Waals surface area contributed by atoms with Crippen LogP contribution >= 0.6 is 21.6 Å². The molecule has 2 aromatic rings. The Kier molecular flexibility index (Phi) is 23.9. The Bertz CT molecular complexity index is 2150. The number of rotatable bonds is 18. The second kappa shape index (κ2) is 28.9. The lowest BCUT2D eigenvalue weighted by molar-refractivity contribution is -0.143. The molecule has 0 aromatic heterocycles. The highest BCUT2D eigenvalue weighted by Gasteiger charge is 2.36. The predicted octanol–water partition coefficient (Wildman–Crippen LogP) is -2.44. The Hall–Kier alpha value is -6.44. The van der Waals surface area contributed by atoms with E-state index in [1.54, 1.807) is 44.2 Å². The van der Waals surface area contributed by atoms with Gasteiger partial charge in [0.2, 0.25) is 53.2 Å². The number of aliphatic carboxylic acids is 1. The number of carbonyl (C=O) groups excluding carboxylic acids is 9. The van der Waals surface area contributed by atoms with Crippen molar-refractivity contribution in [1.29, 1.82) is 0 Å².